The van der Waals surface area contributed by atoms with Gasteiger partial charge in [0, 0.05) is 18.8 Å². The van der Waals surface area contributed by atoms with Crippen molar-refractivity contribution < 1.29 is 17.9 Å². The van der Waals surface area contributed by atoms with Crippen LogP contribution in [0.1, 0.15) is 11.1 Å². The van der Waals surface area contributed by atoms with Gasteiger partial charge in [-0.15, -0.1) is 0 Å². The molecule has 0 radical (unpaired) electrons. The molecule has 2 aromatic carbocycles. The molecule has 9 heteroatoms. The van der Waals surface area contributed by atoms with Gasteiger partial charge in [-0.25, -0.2) is 0 Å². The normalized spacial score (nSPS) is 11.3. The van der Waals surface area contributed by atoms with Gasteiger partial charge in [-0.3, -0.25) is 4.79 Å². The summed E-state index contributed by atoms with van der Waals surface area (Å²) in [5.41, 5.74) is -0.300. The van der Waals surface area contributed by atoms with Crippen molar-refractivity contribution in [2.24, 2.45) is 0 Å². The van der Waals surface area contributed by atoms with Crippen LogP contribution in [0.15, 0.2) is 59.5 Å². The highest BCUT2D eigenvalue weighted by molar-refractivity contribution is 6.31. The van der Waals surface area contributed by atoms with E-state index in [1.165, 1.54) is 18.3 Å². The lowest BCUT2D eigenvalue weighted by atomic mass is 10.1. The number of aromatic nitrogens is 2. The van der Waals surface area contributed by atoms with Gasteiger partial charge in [0.2, 0.25) is 5.95 Å². The Morgan fingerprint density at radius 3 is 2.46 bits per heavy atom. The molecular formula is C19H15ClF3N3O2. The Balaban J connectivity index is 1.59. The highest BCUT2D eigenvalue weighted by Crippen LogP contribution is 2.37. The van der Waals surface area contributed by atoms with E-state index in [1.807, 2.05) is 0 Å². The smallest absolute Gasteiger partial charge is 0.417 e. The van der Waals surface area contributed by atoms with E-state index in [2.05, 4.69) is 15.3 Å². The van der Waals surface area contributed by atoms with Crippen LogP contribution in [0.25, 0.3) is 0 Å². The minimum absolute atomic E-state index is 0.0465. The van der Waals surface area contributed by atoms with E-state index in [0.29, 0.717) is 24.7 Å². The summed E-state index contributed by atoms with van der Waals surface area (Å²) in [6.07, 6.45) is -2.39. The second kappa shape index (κ2) is 8.35. The number of hydrogen-bond acceptors (Lipinski definition) is 4. The SMILES string of the molecule is O=c1cc[nH]c(NCCc2ccc(Oc3ccc(Cl)c(C(F)(F)F)c3)cc2)n1. The molecule has 1 heterocycles. The monoisotopic (exact) mass is 409 g/mol. The minimum atomic E-state index is -4.55. The third-order valence-electron chi connectivity index (χ3n) is 3.78. The van der Waals surface area contributed by atoms with Crippen LogP contribution in [0, 0.1) is 0 Å². The average Bonchev–Trinajstić information content (AvgIpc) is 2.64. The molecule has 0 fully saturated rings. The van der Waals surface area contributed by atoms with Crippen LogP contribution in [0.3, 0.4) is 0 Å². The molecule has 3 aromatic rings. The molecular weight excluding hydrogens is 395 g/mol. The number of rotatable bonds is 6. The van der Waals surface area contributed by atoms with Gasteiger partial charge < -0.3 is 15.0 Å². The van der Waals surface area contributed by atoms with Crippen LogP contribution < -0.4 is 15.6 Å². The van der Waals surface area contributed by atoms with E-state index in [0.717, 1.165) is 17.7 Å². The van der Waals surface area contributed by atoms with Crippen LogP contribution in [0.4, 0.5) is 19.1 Å². The van der Waals surface area contributed by atoms with Gasteiger partial charge in [0.1, 0.15) is 11.5 Å². The Hall–Kier alpha value is -3.00. The van der Waals surface area contributed by atoms with Crippen molar-refractivity contribution in [1.29, 1.82) is 0 Å². The van der Waals surface area contributed by atoms with E-state index in [9.17, 15) is 18.0 Å². The summed E-state index contributed by atoms with van der Waals surface area (Å²) in [5, 5.41) is 2.62. The number of aromatic amines is 1. The molecule has 0 aliphatic heterocycles. The molecule has 0 amide bonds. The second-order valence-corrected chi connectivity index (χ2v) is 6.25. The van der Waals surface area contributed by atoms with Crippen molar-refractivity contribution in [2.75, 3.05) is 11.9 Å². The third kappa shape index (κ3) is 5.26. The Bertz CT molecular complexity index is 1000. The predicted molar refractivity (Wildman–Crippen MR) is 100 cm³/mol. The van der Waals surface area contributed by atoms with Crippen molar-refractivity contribution in [3.05, 3.63) is 81.2 Å². The summed E-state index contributed by atoms with van der Waals surface area (Å²) >= 11 is 5.60. The van der Waals surface area contributed by atoms with Gasteiger partial charge in [-0.2, -0.15) is 18.2 Å². The molecule has 146 valence electrons. The summed E-state index contributed by atoms with van der Waals surface area (Å²) in [6, 6.07) is 11.7. The first-order valence-electron chi connectivity index (χ1n) is 8.24. The fourth-order valence-corrected chi connectivity index (χ4v) is 2.66. The highest BCUT2D eigenvalue weighted by atomic mass is 35.5. The van der Waals surface area contributed by atoms with E-state index < -0.39 is 11.7 Å². The first-order valence-corrected chi connectivity index (χ1v) is 8.62. The van der Waals surface area contributed by atoms with Gasteiger partial charge in [0.15, 0.2) is 0 Å². The molecule has 0 unspecified atom stereocenters. The zero-order valence-corrected chi connectivity index (χ0v) is 15.1. The number of benzene rings is 2. The quantitative estimate of drug-likeness (QED) is 0.608. The minimum Gasteiger partial charge on any atom is -0.457 e. The maximum absolute atomic E-state index is 12.9. The molecule has 0 bridgehead atoms. The maximum Gasteiger partial charge on any atom is 0.417 e. The van der Waals surface area contributed by atoms with Crippen LogP contribution >= 0.6 is 11.6 Å². The first kappa shape index (κ1) is 19.8. The molecule has 0 saturated heterocycles. The fraction of sp³-hybridized carbons (Fsp3) is 0.158. The van der Waals surface area contributed by atoms with Crippen molar-refractivity contribution in [1.82, 2.24) is 9.97 Å². The number of nitrogens with one attached hydrogen (secondary N) is 2. The predicted octanol–water partition coefficient (Wildman–Crippen LogP) is 4.89. The van der Waals surface area contributed by atoms with Crippen LogP contribution in [0.5, 0.6) is 11.5 Å². The van der Waals surface area contributed by atoms with Crippen molar-refractivity contribution in [3.63, 3.8) is 0 Å². The summed E-state index contributed by atoms with van der Waals surface area (Å²) < 4.78 is 44.2. The lowest BCUT2D eigenvalue weighted by Crippen LogP contribution is -2.13. The molecule has 3 rings (SSSR count). The standard InChI is InChI=1S/C19H15ClF3N3O2/c20-16-6-5-14(11-15(16)19(21,22)23)28-13-3-1-12(2-4-13)7-9-24-18-25-10-8-17(27)26-18/h1-6,8,10-11H,7,9H2,(H2,24,25,26,27). The number of anilines is 1. The molecule has 1 aromatic heterocycles. The van der Waals surface area contributed by atoms with E-state index in [-0.39, 0.29) is 16.3 Å². The number of halogens is 4. The molecule has 0 saturated carbocycles. The number of nitrogens with zero attached hydrogens (tertiary/aromatic N) is 1. The van der Waals surface area contributed by atoms with Crippen LogP contribution in [0.2, 0.25) is 5.02 Å². The van der Waals surface area contributed by atoms with Crippen LogP contribution in [-0.2, 0) is 12.6 Å². The number of alkyl halides is 3. The van der Waals surface area contributed by atoms with Crippen molar-refractivity contribution in [3.8, 4) is 11.5 Å². The summed E-state index contributed by atoms with van der Waals surface area (Å²) in [7, 11) is 0. The Labute approximate surface area is 163 Å². The van der Waals surface area contributed by atoms with Crippen molar-refractivity contribution in [2.45, 2.75) is 12.6 Å². The number of H-pyrrole nitrogens is 1. The molecule has 5 nitrogen and oxygen atoms in total. The maximum atomic E-state index is 12.9. The van der Waals surface area contributed by atoms with Crippen LogP contribution in [-0.4, -0.2) is 16.5 Å². The molecule has 0 atom stereocenters. The summed E-state index contributed by atoms with van der Waals surface area (Å²) in [4.78, 5) is 17.7. The zero-order chi connectivity index (χ0) is 20.1. The summed E-state index contributed by atoms with van der Waals surface area (Å²) in [6.45, 7) is 0.541. The van der Waals surface area contributed by atoms with E-state index in [4.69, 9.17) is 16.3 Å². The van der Waals surface area contributed by atoms with Gasteiger partial charge in [0.25, 0.3) is 5.56 Å². The van der Waals surface area contributed by atoms with Gasteiger partial charge in [-0.1, -0.05) is 23.7 Å². The highest BCUT2D eigenvalue weighted by Gasteiger charge is 2.33. The molecule has 28 heavy (non-hydrogen) atoms. The molecule has 0 aliphatic carbocycles. The molecule has 0 aliphatic rings. The Morgan fingerprint density at radius 2 is 1.79 bits per heavy atom. The van der Waals surface area contributed by atoms with Gasteiger partial charge >= 0.3 is 6.18 Å². The average molecular weight is 410 g/mol. The second-order valence-electron chi connectivity index (χ2n) is 5.84. The number of ether oxygens (including phenoxy) is 1. The zero-order valence-electron chi connectivity index (χ0n) is 14.4. The lowest BCUT2D eigenvalue weighted by molar-refractivity contribution is -0.137. The van der Waals surface area contributed by atoms with E-state index >= 15 is 0 Å². The fourth-order valence-electron chi connectivity index (χ4n) is 2.43. The lowest BCUT2D eigenvalue weighted by Gasteiger charge is -2.12. The summed E-state index contributed by atoms with van der Waals surface area (Å²) in [5.74, 6) is 0.835. The molecule has 2 N–H and O–H groups in total. The molecule has 0 spiro atoms. The Morgan fingerprint density at radius 1 is 1.07 bits per heavy atom. The number of hydrogen-bond donors (Lipinski definition) is 2. The first-order chi connectivity index (χ1) is 13.3. The Kier molecular flexibility index (Phi) is 5.89. The largest absolute Gasteiger partial charge is 0.457 e. The van der Waals surface area contributed by atoms with Gasteiger partial charge in [0.05, 0.1) is 10.6 Å². The van der Waals surface area contributed by atoms with E-state index in [1.54, 1.807) is 24.3 Å². The third-order valence-corrected chi connectivity index (χ3v) is 4.11. The van der Waals surface area contributed by atoms with Crippen molar-refractivity contribution >= 4 is 17.5 Å². The topological polar surface area (TPSA) is 67.0 Å². The van der Waals surface area contributed by atoms with Gasteiger partial charge in [-0.05, 0) is 42.3 Å².